The quantitative estimate of drug-likeness (QED) is 0.250. The van der Waals surface area contributed by atoms with E-state index in [2.05, 4.69) is 11.9 Å². The number of benzene rings is 1. The van der Waals surface area contributed by atoms with E-state index in [0.29, 0.717) is 12.8 Å². The van der Waals surface area contributed by atoms with Crippen molar-refractivity contribution in [3.05, 3.63) is 42.5 Å². The summed E-state index contributed by atoms with van der Waals surface area (Å²) in [5.74, 6) is -0.329. The first-order chi connectivity index (χ1) is 13.7. The molecule has 0 spiro atoms. The fraction of sp³-hybridized carbons (Fsp3) is 0.565. The van der Waals surface area contributed by atoms with Gasteiger partial charge in [-0.2, -0.15) is 0 Å². The van der Waals surface area contributed by atoms with Crippen LogP contribution >= 0.6 is 0 Å². The molecule has 2 N–H and O–H groups in total. The first kappa shape index (κ1) is 25.0. The smallest absolute Gasteiger partial charge is 0.315 e. The van der Waals surface area contributed by atoms with E-state index in [-0.39, 0.29) is 17.6 Å². The van der Waals surface area contributed by atoms with Crippen LogP contribution in [0.25, 0.3) is 0 Å². The average molecular weight is 420 g/mol. The molecule has 0 unspecified atom stereocenters. The normalized spacial score (nSPS) is 12.2. The second-order valence-corrected chi connectivity index (χ2v) is 12.9. The van der Waals surface area contributed by atoms with Gasteiger partial charge in [-0.1, -0.05) is 43.9 Å². The molecule has 1 rings (SSSR count). The van der Waals surface area contributed by atoms with E-state index >= 15 is 0 Å². The van der Waals surface area contributed by atoms with Crippen molar-refractivity contribution in [3.63, 3.8) is 0 Å². The fourth-order valence-corrected chi connectivity index (χ4v) is 3.73. The van der Waals surface area contributed by atoms with Crippen LogP contribution in [0.3, 0.4) is 0 Å². The van der Waals surface area contributed by atoms with Gasteiger partial charge in [0.2, 0.25) is 14.2 Å². The number of phenolic OH excluding ortho intramolecular Hbond substituents is 1. The molecule has 0 aromatic heterocycles. The first-order valence-electron chi connectivity index (χ1n) is 10.6. The van der Waals surface area contributed by atoms with E-state index in [4.69, 9.17) is 4.43 Å². The summed E-state index contributed by atoms with van der Waals surface area (Å²) in [7, 11) is -2.06. The van der Waals surface area contributed by atoms with Crippen LogP contribution < -0.4 is 5.32 Å². The van der Waals surface area contributed by atoms with Gasteiger partial charge in [-0.05, 0) is 56.6 Å². The molecular weight excluding hydrogens is 382 g/mol. The lowest BCUT2D eigenvalue weighted by atomic mass is 10.0. The molecule has 0 saturated carbocycles. The summed E-state index contributed by atoms with van der Waals surface area (Å²) in [5, 5.41) is 12.3. The fourth-order valence-electron chi connectivity index (χ4n) is 2.98. The molecule has 1 atom stereocenters. The van der Waals surface area contributed by atoms with Crippen LogP contribution in [-0.2, 0) is 20.4 Å². The maximum atomic E-state index is 12.6. The second-order valence-electron chi connectivity index (χ2n) is 8.47. The number of allylic oxidation sites excluding steroid dienone is 1. The Morgan fingerprint density at radius 1 is 1.07 bits per heavy atom. The van der Waals surface area contributed by atoms with E-state index in [0.717, 1.165) is 31.2 Å². The highest BCUT2D eigenvalue weighted by molar-refractivity contribution is 6.71. The number of carbonyl (C=O) groups is 2. The number of phenols is 1. The number of rotatable bonds is 14. The van der Waals surface area contributed by atoms with Gasteiger partial charge in [0.15, 0.2) is 0 Å². The van der Waals surface area contributed by atoms with E-state index in [1.54, 1.807) is 24.3 Å². The van der Waals surface area contributed by atoms with E-state index in [1.807, 2.05) is 25.7 Å². The van der Waals surface area contributed by atoms with E-state index in [1.165, 1.54) is 19.3 Å². The summed E-state index contributed by atoms with van der Waals surface area (Å²) < 4.78 is 5.62. The van der Waals surface area contributed by atoms with Crippen LogP contribution in [0.5, 0.6) is 5.75 Å². The SMILES string of the molecule is C=CCCCCCCCCC(=O)N[C@@H](Cc1ccc(O)cc1)C(=O)O[Si](C)(C)C. The number of amides is 1. The second kappa shape index (κ2) is 13.2. The van der Waals surface area contributed by atoms with Gasteiger partial charge in [0.1, 0.15) is 11.8 Å². The van der Waals surface area contributed by atoms with Gasteiger partial charge in [0.05, 0.1) is 0 Å². The molecule has 6 heteroatoms. The Balaban J connectivity index is 2.50. The Labute approximate surface area is 176 Å². The maximum absolute atomic E-state index is 12.6. The van der Waals surface area contributed by atoms with Gasteiger partial charge in [0, 0.05) is 12.8 Å². The molecule has 1 aromatic rings. The molecule has 162 valence electrons. The summed E-state index contributed by atoms with van der Waals surface area (Å²) in [6, 6.07) is 5.95. The molecule has 0 bridgehead atoms. The molecule has 1 aromatic carbocycles. The molecule has 0 aliphatic carbocycles. The molecular formula is C23H37NO4Si. The molecule has 0 saturated heterocycles. The summed E-state index contributed by atoms with van der Waals surface area (Å²) in [5.41, 5.74) is 0.861. The highest BCUT2D eigenvalue weighted by atomic mass is 28.4. The number of hydrogen-bond donors (Lipinski definition) is 2. The van der Waals surface area contributed by atoms with Gasteiger partial charge in [-0.15, -0.1) is 6.58 Å². The lowest BCUT2D eigenvalue weighted by Gasteiger charge is -2.23. The lowest BCUT2D eigenvalue weighted by molar-refractivity contribution is -0.140. The topological polar surface area (TPSA) is 75.6 Å². The maximum Gasteiger partial charge on any atom is 0.315 e. The zero-order valence-corrected chi connectivity index (χ0v) is 19.2. The van der Waals surface area contributed by atoms with Gasteiger partial charge >= 0.3 is 5.97 Å². The van der Waals surface area contributed by atoms with Crippen LogP contribution in [0, 0.1) is 0 Å². The Hall–Kier alpha value is -2.08. The highest BCUT2D eigenvalue weighted by Gasteiger charge is 2.28. The molecule has 0 radical (unpaired) electrons. The Morgan fingerprint density at radius 3 is 2.24 bits per heavy atom. The van der Waals surface area contributed by atoms with Crippen LogP contribution in [0.1, 0.15) is 56.9 Å². The van der Waals surface area contributed by atoms with Crippen molar-refractivity contribution in [1.82, 2.24) is 5.32 Å². The van der Waals surface area contributed by atoms with Crippen molar-refractivity contribution in [1.29, 1.82) is 0 Å². The van der Waals surface area contributed by atoms with E-state index in [9.17, 15) is 14.7 Å². The largest absolute Gasteiger partial charge is 0.518 e. The molecule has 0 aliphatic rings. The predicted octanol–water partition coefficient (Wildman–Crippen LogP) is 5.10. The molecule has 5 nitrogen and oxygen atoms in total. The van der Waals surface area contributed by atoms with Crippen LogP contribution in [0.2, 0.25) is 19.6 Å². The number of unbranched alkanes of at least 4 members (excludes halogenated alkanes) is 6. The minimum atomic E-state index is -2.06. The molecule has 1 amide bonds. The monoisotopic (exact) mass is 419 g/mol. The Morgan fingerprint density at radius 2 is 1.66 bits per heavy atom. The first-order valence-corrected chi connectivity index (χ1v) is 14.0. The van der Waals surface area contributed by atoms with Crippen molar-refractivity contribution in [2.75, 3.05) is 0 Å². The minimum Gasteiger partial charge on any atom is -0.518 e. The molecule has 0 heterocycles. The zero-order valence-electron chi connectivity index (χ0n) is 18.2. The summed E-state index contributed by atoms with van der Waals surface area (Å²) >= 11 is 0. The van der Waals surface area contributed by atoms with Crippen molar-refractivity contribution in [2.24, 2.45) is 0 Å². The number of aromatic hydroxyl groups is 1. The number of carbonyl (C=O) groups excluding carboxylic acids is 2. The third-order valence-electron chi connectivity index (χ3n) is 4.46. The van der Waals surface area contributed by atoms with Gasteiger partial charge < -0.3 is 14.8 Å². The van der Waals surface area contributed by atoms with Crippen molar-refractivity contribution in [3.8, 4) is 5.75 Å². The predicted molar refractivity (Wildman–Crippen MR) is 120 cm³/mol. The van der Waals surface area contributed by atoms with Crippen LogP contribution in [0.15, 0.2) is 36.9 Å². The molecule has 0 fully saturated rings. The number of hydrogen-bond acceptors (Lipinski definition) is 4. The summed E-state index contributed by atoms with van der Waals surface area (Å²) in [6.45, 7) is 9.56. The van der Waals surface area contributed by atoms with Gasteiger partial charge in [0.25, 0.3) is 0 Å². The minimum absolute atomic E-state index is 0.118. The van der Waals surface area contributed by atoms with Gasteiger partial charge in [-0.3, -0.25) is 9.59 Å². The molecule has 0 aliphatic heterocycles. The zero-order chi connectivity index (χ0) is 21.7. The van der Waals surface area contributed by atoms with Crippen LogP contribution in [0.4, 0.5) is 0 Å². The standard InChI is InChI=1S/C23H37NO4Si/c1-5-6-7-8-9-10-11-12-13-22(26)24-21(23(27)28-29(2,3)4)18-19-14-16-20(25)17-15-19/h5,14-17,21,25H,1,6-13,18H2,2-4H3,(H,24,26)/t21-/m0/s1. The number of nitrogens with one attached hydrogen (secondary N) is 1. The molecule has 29 heavy (non-hydrogen) atoms. The van der Waals surface area contributed by atoms with Gasteiger partial charge in [-0.25, -0.2) is 0 Å². The summed E-state index contributed by atoms with van der Waals surface area (Å²) in [4.78, 5) is 25.0. The van der Waals surface area contributed by atoms with E-state index < -0.39 is 14.4 Å². The lowest BCUT2D eigenvalue weighted by Crippen LogP contribution is -2.46. The third-order valence-corrected chi connectivity index (χ3v) is 5.28. The average Bonchev–Trinajstić information content (AvgIpc) is 2.63. The third kappa shape index (κ3) is 12.2. The Kier molecular flexibility index (Phi) is 11.4. The highest BCUT2D eigenvalue weighted by Crippen LogP contribution is 2.14. The van der Waals surface area contributed by atoms with Crippen molar-refractivity contribution >= 4 is 20.2 Å². The Bertz CT molecular complexity index is 637. The van der Waals surface area contributed by atoms with Crippen molar-refractivity contribution in [2.45, 2.75) is 83.5 Å². The van der Waals surface area contributed by atoms with Crippen LogP contribution in [-0.4, -0.2) is 31.3 Å². The summed E-state index contributed by atoms with van der Waals surface area (Å²) in [6.07, 6.45) is 10.3. The van der Waals surface area contributed by atoms with Crippen molar-refractivity contribution < 1.29 is 19.1 Å².